The second-order valence-electron chi connectivity index (χ2n) is 6.18. The highest BCUT2D eigenvalue weighted by Gasteiger charge is 2.35. The minimum atomic E-state index is -0.830. The number of nitrogens with one attached hydrogen (secondary N) is 1. The summed E-state index contributed by atoms with van der Waals surface area (Å²) >= 11 is 0. The van der Waals surface area contributed by atoms with Gasteiger partial charge in [0.15, 0.2) is 0 Å². The monoisotopic (exact) mass is 284 g/mol. The Hall–Kier alpha value is -1.10. The molecule has 1 unspecified atom stereocenters. The number of aliphatic carboxylic acids is 1. The zero-order valence-electron chi connectivity index (χ0n) is 12.5. The van der Waals surface area contributed by atoms with Crippen molar-refractivity contribution >= 4 is 11.9 Å². The van der Waals surface area contributed by atoms with Gasteiger partial charge in [0.05, 0.1) is 12.0 Å². The third kappa shape index (κ3) is 5.90. The molecule has 20 heavy (non-hydrogen) atoms. The van der Waals surface area contributed by atoms with Crippen molar-refractivity contribution in [3.63, 3.8) is 0 Å². The molecule has 0 spiro atoms. The van der Waals surface area contributed by atoms with Gasteiger partial charge in [0.2, 0.25) is 5.91 Å². The fraction of sp³-hybridized carbons (Fsp3) is 0.867. The lowest BCUT2D eigenvalue weighted by Crippen LogP contribution is -2.51. The molecule has 1 fully saturated rings. The molecule has 1 rings (SSSR count). The number of carboxylic acids is 1. The van der Waals surface area contributed by atoms with Crippen LogP contribution in [0.1, 0.15) is 64.7 Å². The molecule has 1 saturated carbocycles. The van der Waals surface area contributed by atoms with Crippen molar-refractivity contribution in [2.45, 2.75) is 70.3 Å². The Balaban J connectivity index is 2.47. The van der Waals surface area contributed by atoms with E-state index < -0.39 is 11.5 Å². The van der Waals surface area contributed by atoms with Gasteiger partial charge in [0.1, 0.15) is 0 Å². The van der Waals surface area contributed by atoms with E-state index in [1.54, 1.807) is 0 Å². The molecule has 0 bridgehead atoms. The summed E-state index contributed by atoms with van der Waals surface area (Å²) in [5, 5.41) is 12.1. The Morgan fingerprint density at radius 3 is 2.45 bits per heavy atom. The van der Waals surface area contributed by atoms with Crippen molar-refractivity contribution in [2.24, 2.45) is 11.7 Å². The maximum absolute atomic E-state index is 12.1. The summed E-state index contributed by atoms with van der Waals surface area (Å²) in [5.41, 5.74) is 4.98. The van der Waals surface area contributed by atoms with Crippen LogP contribution in [0, 0.1) is 5.92 Å². The number of hydrogen-bond donors (Lipinski definition) is 3. The van der Waals surface area contributed by atoms with Crippen molar-refractivity contribution in [3.05, 3.63) is 0 Å². The third-order valence-corrected chi connectivity index (χ3v) is 4.23. The van der Waals surface area contributed by atoms with Crippen molar-refractivity contribution in [2.75, 3.05) is 6.54 Å². The first-order chi connectivity index (χ1) is 9.47. The van der Waals surface area contributed by atoms with Crippen LogP contribution < -0.4 is 11.1 Å². The molecule has 4 N–H and O–H groups in total. The largest absolute Gasteiger partial charge is 0.481 e. The summed E-state index contributed by atoms with van der Waals surface area (Å²) in [5.74, 6) is -0.409. The fourth-order valence-electron chi connectivity index (χ4n) is 3.03. The van der Waals surface area contributed by atoms with Gasteiger partial charge in [-0.2, -0.15) is 0 Å². The van der Waals surface area contributed by atoms with Crippen LogP contribution in [0.25, 0.3) is 0 Å². The highest BCUT2D eigenvalue weighted by Crippen LogP contribution is 2.31. The number of rotatable bonds is 8. The fourth-order valence-corrected chi connectivity index (χ4v) is 3.03. The first-order valence-electron chi connectivity index (χ1n) is 7.70. The Kier molecular flexibility index (Phi) is 6.99. The zero-order chi connectivity index (χ0) is 15.0. The van der Waals surface area contributed by atoms with Crippen molar-refractivity contribution in [3.8, 4) is 0 Å². The molecule has 1 amide bonds. The van der Waals surface area contributed by atoms with Gasteiger partial charge in [-0.3, -0.25) is 9.59 Å². The number of carbonyl (C=O) groups excluding carboxylic acids is 1. The number of carboxylic acid groups (broad SMARTS) is 1. The van der Waals surface area contributed by atoms with E-state index in [0.717, 1.165) is 44.9 Å². The van der Waals surface area contributed by atoms with Gasteiger partial charge in [-0.25, -0.2) is 0 Å². The molecule has 0 aliphatic heterocycles. The van der Waals surface area contributed by atoms with Crippen LogP contribution in [0.15, 0.2) is 0 Å². The first-order valence-corrected chi connectivity index (χ1v) is 7.70. The SMILES string of the molecule is CC(CCN)CCC(=O)NC1(CC(=O)O)CCCCC1. The molecule has 0 aromatic rings. The topological polar surface area (TPSA) is 92.4 Å². The van der Waals surface area contributed by atoms with Gasteiger partial charge >= 0.3 is 5.97 Å². The molecular weight excluding hydrogens is 256 g/mol. The Morgan fingerprint density at radius 1 is 1.25 bits per heavy atom. The van der Waals surface area contributed by atoms with Crippen LogP contribution in [0.2, 0.25) is 0 Å². The number of carbonyl (C=O) groups is 2. The molecule has 0 aromatic carbocycles. The van der Waals surface area contributed by atoms with Crippen molar-refractivity contribution in [1.82, 2.24) is 5.32 Å². The highest BCUT2D eigenvalue weighted by atomic mass is 16.4. The Labute approximate surface area is 121 Å². The lowest BCUT2D eigenvalue weighted by atomic mass is 9.79. The lowest BCUT2D eigenvalue weighted by molar-refractivity contribution is -0.139. The molecule has 1 aliphatic rings. The van der Waals surface area contributed by atoms with Crippen LogP contribution in [0.3, 0.4) is 0 Å². The molecule has 116 valence electrons. The number of hydrogen-bond acceptors (Lipinski definition) is 3. The lowest BCUT2D eigenvalue weighted by Gasteiger charge is -2.37. The average Bonchev–Trinajstić information content (AvgIpc) is 2.36. The van der Waals surface area contributed by atoms with Crippen molar-refractivity contribution < 1.29 is 14.7 Å². The molecule has 0 heterocycles. The van der Waals surface area contributed by atoms with Gasteiger partial charge < -0.3 is 16.2 Å². The van der Waals surface area contributed by atoms with Gasteiger partial charge in [0.25, 0.3) is 0 Å². The summed E-state index contributed by atoms with van der Waals surface area (Å²) in [6, 6.07) is 0. The molecular formula is C15H28N2O3. The van der Waals surface area contributed by atoms with Crippen LogP contribution in [0.5, 0.6) is 0 Å². The van der Waals surface area contributed by atoms with E-state index in [2.05, 4.69) is 12.2 Å². The number of amides is 1. The zero-order valence-corrected chi connectivity index (χ0v) is 12.5. The summed E-state index contributed by atoms with van der Waals surface area (Å²) in [6.07, 6.45) is 6.92. The van der Waals surface area contributed by atoms with E-state index in [1.807, 2.05) is 0 Å². The van der Waals surface area contributed by atoms with Crippen LogP contribution in [0.4, 0.5) is 0 Å². The minimum absolute atomic E-state index is 0.0166. The normalized spacial score (nSPS) is 19.3. The molecule has 0 radical (unpaired) electrons. The van der Waals surface area contributed by atoms with E-state index in [4.69, 9.17) is 10.8 Å². The molecule has 1 atom stereocenters. The summed E-state index contributed by atoms with van der Waals surface area (Å²) in [4.78, 5) is 23.1. The third-order valence-electron chi connectivity index (χ3n) is 4.23. The van der Waals surface area contributed by atoms with Crippen molar-refractivity contribution in [1.29, 1.82) is 0 Å². The highest BCUT2D eigenvalue weighted by molar-refractivity contribution is 5.78. The van der Waals surface area contributed by atoms with E-state index in [1.165, 1.54) is 0 Å². The quantitative estimate of drug-likeness (QED) is 0.636. The van der Waals surface area contributed by atoms with E-state index >= 15 is 0 Å². The van der Waals surface area contributed by atoms with Gasteiger partial charge in [-0.05, 0) is 38.1 Å². The molecule has 5 heteroatoms. The Morgan fingerprint density at radius 2 is 1.90 bits per heavy atom. The molecule has 1 aliphatic carbocycles. The predicted molar refractivity (Wildman–Crippen MR) is 78.3 cm³/mol. The van der Waals surface area contributed by atoms with E-state index in [0.29, 0.717) is 18.9 Å². The summed E-state index contributed by atoms with van der Waals surface area (Å²) in [6.45, 7) is 2.74. The van der Waals surface area contributed by atoms with E-state index in [-0.39, 0.29) is 12.3 Å². The summed E-state index contributed by atoms with van der Waals surface area (Å²) < 4.78 is 0. The van der Waals surface area contributed by atoms with Gasteiger partial charge in [-0.15, -0.1) is 0 Å². The Bertz CT molecular complexity index is 325. The van der Waals surface area contributed by atoms with Crippen LogP contribution >= 0.6 is 0 Å². The van der Waals surface area contributed by atoms with Gasteiger partial charge in [-0.1, -0.05) is 26.2 Å². The maximum atomic E-state index is 12.1. The maximum Gasteiger partial charge on any atom is 0.305 e. The smallest absolute Gasteiger partial charge is 0.305 e. The molecule has 5 nitrogen and oxygen atoms in total. The molecule has 0 saturated heterocycles. The second-order valence-corrected chi connectivity index (χ2v) is 6.18. The predicted octanol–water partition coefficient (Wildman–Crippen LogP) is 2.05. The number of nitrogens with two attached hydrogens (primary N) is 1. The molecule has 0 aromatic heterocycles. The first kappa shape index (κ1) is 17.0. The average molecular weight is 284 g/mol. The minimum Gasteiger partial charge on any atom is -0.481 e. The van der Waals surface area contributed by atoms with E-state index in [9.17, 15) is 9.59 Å². The van der Waals surface area contributed by atoms with Gasteiger partial charge in [0, 0.05) is 6.42 Å². The summed E-state index contributed by atoms with van der Waals surface area (Å²) in [7, 11) is 0. The standard InChI is InChI=1S/C15H28N2O3/c1-12(7-10-16)5-6-13(18)17-15(11-14(19)20)8-3-2-4-9-15/h12H,2-11,16H2,1H3,(H,17,18)(H,19,20). The van der Waals surface area contributed by atoms with Crippen LogP contribution in [-0.4, -0.2) is 29.1 Å². The second kappa shape index (κ2) is 8.25. The van der Waals surface area contributed by atoms with Crippen LogP contribution in [-0.2, 0) is 9.59 Å².